The molecule has 2 rings (SSSR count). The molecule has 0 aliphatic rings. The molecule has 2 aromatic rings. The Morgan fingerprint density at radius 2 is 2.24 bits per heavy atom. The fraction of sp³-hybridized carbons (Fsp3) is 0.400. The lowest BCUT2D eigenvalue weighted by Gasteiger charge is -2.03. The number of nitrogens with one attached hydrogen (secondary N) is 1. The first-order chi connectivity index (χ1) is 9.88. The van der Waals surface area contributed by atoms with Crippen LogP contribution in [0, 0.1) is 0 Å². The highest BCUT2D eigenvalue weighted by Gasteiger charge is 2.17. The first kappa shape index (κ1) is 15.1. The Balaban J connectivity index is 2.02. The molecule has 0 amide bonds. The summed E-state index contributed by atoms with van der Waals surface area (Å²) in [5.74, 6) is -0.507. The number of rotatable bonds is 7. The van der Waals surface area contributed by atoms with Crippen molar-refractivity contribution < 1.29 is 18.3 Å². The van der Waals surface area contributed by atoms with Crippen molar-refractivity contribution in [3.05, 3.63) is 24.5 Å². The Morgan fingerprint density at radius 3 is 2.86 bits per heavy atom. The predicted molar refractivity (Wildman–Crippen MR) is 69.5 cm³/mol. The zero-order valence-corrected chi connectivity index (χ0v) is 12.0. The first-order valence-corrected chi connectivity index (χ1v) is 7.43. The molecule has 0 atom stereocenters. The number of hydrogen-bond acceptors (Lipinski definition) is 6. The molecule has 2 N–H and O–H groups in total. The lowest BCUT2D eigenvalue weighted by atomic mass is 10.4. The van der Waals surface area contributed by atoms with Gasteiger partial charge in [-0.05, 0) is 0 Å². The highest BCUT2D eigenvalue weighted by molar-refractivity contribution is 7.89. The highest BCUT2D eigenvalue weighted by atomic mass is 32.2. The predicted octanol–water partition coefficient (Wildman–Crippen LogP) is -1.04. The van der Waals surface area contributed by atoms with E-state index in [1.807, 2.05) is 0 Å². The molecule has 21 heavy (non-hydrogen) atoms. The van der Waals surface area contributed by atoms with E-state index in [1.54, 1.807) is 11.6 Å². The second-order valence-corrected chi connectivity index (χ2v) is 6.03. The van der Waals surface area contributed by atoms with E-state index in [4.69, 9.17) is 5.11 Å². The number of hydrogen-bond donors (Lipinski definition) is 2. The molecule has 0 radical (unpaired) electrons. The third-order valence-electron chi connectivity index (χ3n) is 2.70. The maximum absolute atomic E-state index is 12.1. The number of carboxylic acids is 1. The average molecular weight is 314 g/mol. The summed E-state index contributed by atoms with van der Waals surface area (Å²) >= 11 is 0. The summed E-state index contributed by atoms with van der Waals surface area (Å²) in [6.45, 7) is 0.104. The number of aryl methyl sites for hydroxylation is 2. The van der Waals surface area contributed by atoms with Crippen LogP contribution in [0.25, 0.3) is 0 Å². The number of carboxylic acid groups (broad SMARTS) is 1. The maximum Gasteiger partial charge on any atom is 0.305 e. The molecule has 0 aliphatic heterocycles. The molecule has 2 aromatic heterocycles. The van der Waals surface area contributed by atoms with Gasteiger partial charge in [-0.2, -0.15) is 5.10 Å². The first-order valence-electron chi connectivity index (χ1n) is 5.95. The lowest BCUT2D eigenvalue weighted by Crippen LogP contribution is -2.24. The van der Waals surface area contributed by atoms with Crippen LogP contribution in [0.15, 0.2) is 23.6 Å². The Hall–Kier alpha value is -2.27. The van der Waals surface area contributed by atoms with Gasteiger partial charge in [-0.25, -0.2) is 13.1 Å². The standard InChI is InChI=1S/C10H14N6O4S/c1-15-7-11-14-9(15)5-13-21(19,20)8-4-12-16(6-8)3-2-10(17)18/h4,6-7,13H,2-3,5H2,1H3,(H,17,18). The van der Waals surface area contributed by atoms with Gasteiger partial charge >= 0.3 is 5.97 Å². The molecule has 0 saturated carbocycles. The van der Waals surface area contributed by atoms with Crippen LogP contribution in [0.2, 0.25) is 0 Å². The van der Waals surface area contributed by atoms with E-state index in [-0.39, 0.29) is 24.4 Å². The number of aromatic nitrogens is 5. The molecule has 0 bridgehead atoms. The van der Waals surface area contributed by atoms with Crippen molar-refractivity contribution in [2.75, 3.05) is 0 Å². The monoisotopic (exact) mass is 314 g/mol. The van der Waals surface area contributed by atoms with Crippen molar-refractivity contribution in [1.82, 2.24) is 29.3 Å². The molecule has 114 valence electrons. The van der Waals surface area contributed by atoms with E-state index >= 15 is 0 Å². The van der Waals surface area contributed by atoms with Gasteiger partial charge in [0.2, 0.25) is 10.0 Å². The highest BCUT2D eigenvalue weighted by Crippen LogP contribution is 2.08. The molecule has 0 saturated heterocycles. The summed E-state index contributed by atoms with van der Waals surface area (Å²) in [5, 5.41) is 19.8. The summed E-state index contributed by atoms with van der Waals surface area (Å²) in [6, 6.07) is 0. The van der Waals surface area contributed by atoms with Crippen molar-refractivity contribution in [3.63, 3.8) is 0 Å². The molecule has 0 fully saturated rings. The molecule has 0 aromatic carbocycles. The largest absolute Gasteiger partial charge is 0.481 e. The van der Waals surface area contributed by atoms with Crippen LogP contribution in [0.4, 0.5) is 0 Å². The van der Waals surface area contributed by atoms with Gasteiger partial charge in [-0.1, -0.05) is 0 Å². The summed E-state index contributed by atoms with van der Waals surface area (Å²) < 4.78 is 29.3. The van der Waals surface area contributed by atoms with E-state index < -0.39 is 16.0 Å². The van der Waals surface area contributed by atoms with Crippen LogP contribution in [-0.2, 0) is 35.0 Å². The van der Waals surface area contributed by atoms with E-state index in [9.17, 15) is 13.2 Å². The number of aliphatic carboxylic acids is 1. The number of sulfonamides is 1. The Bertz CT molecular complexity index is 734. The minimum atomic E-state index is -3.73. The van der Waals surface area contributed by atoms with Crippen LogP contribution >= 0.6 is 0 Å². The van der Waals surface area contributed by atoms with Crippen molar-refractivity contribution in [2.45, 2.75) is 24.4 Å². The second-order valence-electron chi connectivity index (χ2n) is 4.27. The number of carbonyl (C=O) groups is 1. The van der Waals surface area contributed by atoms with Gasteiger partial charge in [0.05, 0.1) is 25.7 Å². The zero-order valence-electron chi connectivity index (χ0n) is 11.2. The van der Waals surface area contributed by atoms with Crippen molar-refractivity contribution >= 4 is 16.0 Å². The molecule has 0 unspecified atom stereocenters. The van der Waals surface area contributed by atoms with Crippen molar-refractivity contribution in [2.24, 2.45) is 7.05 Å². The molecule has 2 heterocycles. The van der Waals surface area contributed by atoms with Gasteiger partial charge in [0.1, 0.15) is 17.0 Å². The maximum atomic E-state index is 12.1. The topological polar surface area (TPSA) is 132 Å². The molecule has 10 nitrogen and oxygen atoms in total. The molecular weight excluding hydrogens is 300 g/mol. The van der Waals surface area contributed by atoms with Crippen molar-refractivity contribution in [1.29, 1.82) is 0 Å². The summed E-state index contributed by atoms with van der Waals surface area (Å²) in [7, 11) is -2.03. The summed E-state index contributed by atoms with van der Waals surface area (Å²) in [4.78, 5) is 10.4. The number of nitrogens with zero attached hydrogens (tertiary/aromatic N) is 5. The van der Waals surface area contributed by atoms with E-state index in [1.165, 1.54) is 23.4 Å². The summed E-state index contributed by atoms with van der Waals surface area (Å²) in [5.41, 5.74) is 0. The van der Waals surface area contributed by atoms with Gasteiger partial charge in [0.15, 0.2) is 0 Å². The SMILES string of the molecule is Cn1cnnc1CNS(=O)(=O)c1cnn(CCC(=O)O)c1. The van der Waals surface area contributed by atoms with Crippen molar-refractivity contribution in [3.8, 4) is 0 Å². The van der Waals surface area contributed by atoms with E-state index in [0.717, 1.165) is 0 Å². The van der Waals surface area contributed by atoms with Crippen LogP contribution < -0.4 is 4.72 Å². The fourth-order valence-corrected chi connectivity index (χ4v) is 2.46. The normalized spacial score (nSPS) is 11.7. The Morgan fingerprint density at radius 1 is 1.48 bits per heavy atom. The minimum Gasteiger partial charge on any atom is -0.481 e. The van der Waals surface area contributed by atoms with Gasteiger partial charge in [0, 0.05) is 13.2 Å². The zero-order chi connectivity index (χ0) is 15.5. The van der Waals surface area contributed by atoms with Gasteiger partial charge < -0.3 is 9.67 Å². The molecule has 11 heteroatoms. The Labute approximate surface area is 120 Å². The van der Waals surface area contributed by atoms with Crippen LogP contribution in [0.1, 0.15) is 12.2 Å². The average Bonchev–Trinajstić information content (AvgIpc) is 3.03. The van der Waals surface area contributed by atoms with Crippen LogP contribution in [-0.4, -0.2) is 44.0 Å². The lowest BCUT2D eigenvalue weighted by molar-refractivity contribution is -0.137. The minimum absolute atomic E-state index is 0.000854. The molecular formula is C10H14N6O4S. The smallest absolute Gasteiger partial charge is 0.305 e. The quantitative estimate of drug-likeness (QED) is 0.667. The van der Waals surface area contributed by atoms with E-state index in [0.29, 0.717) is 5.82 Å². The van der Waals surface area contributed by atoms with Crippen LogP contribution in [0.3, 0.4) is 0 Å². The van der Waals surface area contributed by atoms with Crippen LogP contribution in [0.5, 0.6) is 0 Å². The van der Waals surface area contributed by atoms with Gasteiger partial charge in [-0.15, -0.1) is 10.2 Å². The molecule has 0 aliphatic carbocycles. The van der Waals surface area contributed by atoms with E-state index in [2.05, 4.69) is 20.0 Å². The summed E-state index contributed by atoms with van der Waals surface area (Å²) in [6.07, 6.45) is 3.78. The molecule has 0 spiro atoms. The second kappa shape index (κ2) is 6.01. The fourth-order valence-electron chi connectivity index (χ4n) is 1.53. The third kappa shape index (κ3) is 3.86. The van der Waals surface area contributed by atoms with Gasteiger partial charge in [0.25, 0.3) is 0 Å². The third-order valence-corrected chi connectivity index (χ3v) is 4.06. The Kier molecular flexibility index (Phi) is 4.33. The van der Waals surface area contributed by atoms with Gasteiger partial charge in [-0.3, -0.25) is 9.48 Å².